The van der Waals surface area contributed by atoms with Gasteiger partial charge in [-0.15, -0.1) is 0 Å². The summed E-state index contributed by atoms with van der Waals surface area (Å²) in [5.41, 5.74) is 5.63. The van der Waals surface area contributed by atoms with Gasteiger partial charge in [-0.2, -0.15) is 17.8 Å². The molecule has 0 amide bonds. The highest BCUT2D eigenvalue weighted by atomic mass is 32.2. The largest absolute Gasteiger partial charge is 0.330 e. The predicted octanol–water partition coefficient (Wildman–Crippen LogP) is -0.222. The number of hydrogen-bond donors (Lipinski definition) is 2. The molecule has 1 aromatic heterocycles. The molecule has 1 aliphatic heterocycles. The number of rotatable bonds is 7. The molecule has 2 heterocycles. The first-order valence-electron chi connectivity index (χ1n) is 7.04. The third-order valence-electron chi connectivity index (χ3n) is 3.56. The SMILES string of the molecule is NCC1CCCN(S(=O)(=O)NCCCn2cccn2)C1. The number of nitrogens with two attached hydrogens (primary N) is 1. The normalized spacial score (nSPS) is 21.1. The summed E-state index contributed by atoms with van der Waals surface area (Å²) in [4.78, 5) is 0. The Bertz CT molecular complexity index is 488. The van der Waals surface area contributed by atoms with Crippen LogP contribution in [-0.2, 0) is 16.8 Å². The highest BCUT2D eigenvalue weighted by Crippen LogP contribution is 2.17. The van der Waals surface area contributed by atoms with E-state index in [2.05, 4.69) is 9.82 Å². The van der Waals surface area contributed by atoms with Crippen molar-refractivity contribution in [2.24, 2.45) is 11.7 Å². The van der Waals surface area contributed by atoms with Crippen molar-refractivity contribution < 1.29 is 8.42 Å². The van der Waals surface area contributed by atoms with Crippen molar-refractivity contribution >= 4 is 10.2 Å². The quantitative estimate of drug-likeness (QED) is 0.681. The zero-order valence-electron chi connectivity index (χ0n) is 11.6. The van der Waals surface area contributed by atoms with Crippen LogP contribution in [-0.4, -0.2) is 48.7 Å². The molecular weight excluding hydrogens is 278 g/mol. The maximum absolute atomic E-state index is 12.2. The van der Waals surface area contributed by atoms with Crippen molar-refractivity contribution in [2.45, 2.75) is 25.8 Å². The van der Waals surface area contributed by atoms with Crippen LogP contribution in [0.3, 0.4) is 0 Å². The van der Waals surface area contributed by atoms with Gasteiger partial charge in [0.15, 0.2) is 0 Å². The molecule has 0 aliphatic carbocycles. The van der Waals surface area contributed by atoms with Crippen LogP contribution in [0.1, 0.15) is 19.3 Å². The van der Waals surface area contributed by atoms with Crippen LogP contribution in [0.2, 0.25) is 0 Å². The summed E-state index contributed by atoms with van der Waals surface area (Å²) in [6.45, 7) is 2.80. The minimum Gasteiger partial charge on any atom is -0.330 e. The van der Waals surface area contributed by atoms with E-state index in [1.807, 2.05) is 12.3 Å². The van der Waals surface area contributed by atoms with E-state index in [1.165, 1.54) is 4.31 Å². The summed E-state index contributed by atoms with van der Waals surface area (Å²) in [5, 5.41) is 4.08. The molecule has 2 rings (SSSR count). The predicted molar refractivity (Wildman–Crippen MR) is 77.1 cm³/mol. The van der Waals surface area contributed by atoms with Gasteiger partial charge < -0.3 is 5.73 Å². The average Bonchev–Trinajstić information content (AvgIpc) is 2.97. The molecule has 0 saturated carbocycles. The van der Waals surface area contributed by atoms with Crippen LogP contribution in [0, 0.1) is 5.92 Å². The lowest BCUT2D eigenvalue weighted by Gasteiger charge is -2.31. The maximum atomic E-state index is 12.2. The Hall–Kier alpha value is -0.960. The van der Waals surface area contributed by atoms with Crippen molar-refractivity contribution in [3.05, 3.63) is 18.5 Å². The van der Waals surface area contributed by atoms with Gasteiger partial charge in [0.05, 0.1) is 0 Å². The van der Waals surface area contributed by atoms with Crippen LogP contribution >= 0.6 is 0 Å². The van der Waals surface area contributed by atoms with Crippen molar-refractivity contribution in [1.82, 2.24) is 18.8 Å². The fourth-order valence-corrected chi connectivity index (χ4v) is 3.77. The molecule has 1 saturated heterocycles. The Morgan fingerprint density at radius 2 is 2.30 bits per heavy atom. The summed E-state index contributed by atoms with van der Waals surface area (Å²) in [5.74, 6) is 0.282. The van der Waals surface area contributed by atoms with Crippen molar-refractivity contribution in [3.8, 4) is 0 Å². The van der Waals surface area contributed by atoms with Crippen molar-refractivity contribution in [1.29, 1.82) is 0 Å². The Balaban J connectivity index is 1.75. The van der Waals surface area contributed by atoms with Gasteiger partial charge in [0.1, 0.15) is 0 Å². The Morgan fingerprint density at radius 1 is 1.45 bits per heavy atom. The molecule has 0 radical (unpaired) electrons. The summed E-state index contributed by atoms with van der Waals surface area (Å²) in [6, 6.07) is 1.85. The third-order valence-corrected chi connectivity index (χ3v) is 5.14. The van der Waals surface area contributed by atoms with Crippen molar-refractivity contribution in [2.75, 3.05) is 26.2 Å². The Kier molecular flexibility index (Phi) is 5.53. The van der Waals surface area contributed by atoms with E-state index in [4.69, 9.17) is 5.73 Å². The molecule has 8 heteroatoms. The third kappa shape index (κ3) is 4.27. The zero-order valence-corrected chi connectivity index (χ0v) is 12.4. The van der Waals surface area contributed by atoms with Crippen LogP contribution in [0.5, 0.6) is 0 Å². The van der Waals surface area contributed by atoms with Crippen LogP contribution in [0.25, 0.3) is 0 Å². The molecule has 0 bridgehead atoms. The Morgan fingerprint density at radius 3 is 3.00 bits per heavy atom. The van der Waals surface area contributed by atoms with Gasteiger partial charge >= 0.3 is 0 Å². The monoisotopic (exact) mass is 301 g/mol. The number of piperidine rings is 1. The van der Waals surface area contributed by atoms with Gasteiger partial charge in [-0.3, -0.25) is 4.68 Å². The molecule has 7 nitrogen and oxygen atoms in total. The van der Waals surface area contributed by atoms with Crippen LogP contribution < -0.4 is 10.5 Å². The first-order valence-corrected chi connectivity index (χ1v) is 8.48. The summed E-state index contributed by atoms with van der Waals surface area (Å²) in [7, 11) is -3.37. The van der Waals surface area contributed by atoms with Gasteiger partial charge in [-0.25, -0.2) is 4.72 Å². The van der Waals surface area contributed by atoms with E-state index in [-0.39, 0.29) is 5.92 Å². The minimum atomic E-state index is -3.37. The standard InChI is InChI=1S/C12H23N5O2S/c13-10-12-4-1-9-17(11-12)20(18,19)15-6-3-8-16-7-2-5-14-16/h2,5,7,12,15H,1,3-4,6,8-11,13H2. The van der Waals surface area contributed by atoms with E-state index in [1.54, 1.807) is 10.9 Å². The average molecular weight is 301 g/mol. The molecule has 114 valence electrons. The fourth-order valence-electron chi connectivity index (χ4n) is 2.40. The molecule has 0 spiro atoms. The minimum absolute atomic E-state index is 0.282. The number of aromatic nitrogens is 2. The number of nitrogens with one attached hydrogen (secondary N) is 1. The molecular formula is C12H23N5O2S. The van der Waals surface area contributed by atoms with Gasteiger partial charge in [-0.1, -0.05) is 0 Å². The van der Waals surface area contributed by atoms with E-state index in [9.17, 15) is 8.42 Å². The van der Waals surface area contributed by atoms with E-state index < -0.39 is 10.2 Å². The number of aryl methyl sites for hydroxylation is 1. The second-order valence-electron chi connectivity index (χ2n) is 5.12. The zero-order chi connectivity index (χ0) is 14.4. The van der Waals surface area contributed by atoms with Gasteiger partial charge in [0, 0.05) is 38.6 Å². The first-order chi connectivity index (χ1) is 9.62. The van der Waals surface area contributed by atoms with Crippen LogP contribution in [0.15, 0.2) is 18.5 Å². The van der Waals surface area contributed by atoms with Crippen LogP contribution in [0.4, 0.5) is 0 Å². The highest BCUT2D eigenvalue weighted by Gasteiger charge is 2.27. The van der Waals surface area contributed by atoms with E-state index in [0.29, 0.717) is 32.7 Å². The van der Waals surface area contributed by atoms with Gasteiger partial charge in [-0.05, 0) is 37.8 Å². The molecule has 0 aromatic carbocycles. The number of nitrogens with zero attached hydrogens (tertiary/aromatic N) is 3. The molecule has 20 heavy (non-hydrogen) atoms. The molecule has 1 atom stereocenters. The summed E-state index contributed by atoms with van der Waals surface area (Å²) in [6.07, 6.45) is 6.20. The highest BCUT2D eigenvalue weighted by molar-refractivity contribution is 7.87. The second kappa shape index (κ2) is 7.16. The lowest BCUT2D eigenvalue weighted by Crippen LogP contribution is -2.47. The number of hydrogen-bond acceptors (Lipinski definition) is 4. The fraction of sp³-hybridized carbons (Fsp3) is 0.750. The maximum Gasteiger partial charge on any atom is 0.279 e. The molecule has 1 unspecified atom stereocenters. The lowest BCUT2D eigenvalue weighted by molar-refractivity contribution is 0.268. The van der Waals surface area contributed by atoms with E-state index >= 15 is 0 Å². The molecule has 1 fully saturated rings. The summed E-state index contributed by atoms with van der Waals surface area (Å²) < 4.78 is 30.3. The van der Waals surface area contributed by atoms with Crippen molar-refractivity contribution in [3.63, 3.8) is 0 Å². The van der Waals surface area contributed by atoms with E-state index in [0.717, 1.165) is 19.3 Å². The smallest absolute Gasteiger partial charge is 0.279 e. The second-order valence-corrected chi connectivity index (χ2v) is 6.88. The first kappa shape index (κ1) is 15.4. The Labute approximate surface area is 120 Å². The summed E-state index contributed by atoms with van der Waals surface area (Å²) >= 11 is 0. The molecule has 1 aromatic rings. The van der Waals surface area contributed by atoms with Gasteiger partial charge in [0.2, 0.25) is 0 Å². The van der Waals surface area contributed by atoms with Gasteiger partial charge in [0.25, 0.3) is 10.2 Å². The lowest BCUT2D eigenvalue weighted by atomic mass is 10.0. The molecule has 1 aliphatic rings. The molecule has 3 N–H and O–H groups in total. The topological polar surface area (TPSA) is 93.2 Å².